The van der Waals surface area contributed by atoms with Crippen LogP contribution in [0.15, 0.2) is 47.4 Å². The molecule has 2 aromatic carbocycles. The Hall–Kier alpha value is -2.89. The van der Waals surface area contributed by atoms with Crippen LogP contribution in [0.4, 0.5) is 10.5 Å². The molecular formula is C22H18N2O4S2. The maximum absolute atomic E-state index is 12.4. The number of para-hydroxylation sites is 1. The Bertz CT molecular complexity index is 1090. The number of imide groups is 1. The van der Waals surface area contributed by atoms with Crippen LogP contribution in [0.5, 0.6) is 5.75 Å². The molecule has 2 aliphatic rings. The third kappa shape index (κ3) is 4.32. The molecular weight excluding hydrogens is 420 g/mol. The first-order valence-electron chi connectivity index (χ1n) is 9.24. The fraction of sp³-hybridized carbons (Fsp3) is 0.227. The Kier molecular flexibility index (Phi) is 6.02. The standard InChI is InChI=1S/C22H18N2O4S2/c1-28-17-9-8-14(12-19-21(26)23-22(27)30-19)11-15(17)5-4-10-24-16-6-2-3-7-18(16)29-13-20(24)25/h2-3,6-9,11,19H,10,12-13H2,1H3,(H,23,26,27). The van der Waals surface area contributed by atoms with Crippen LogP contribution in [-0.2, 0) is 16.0 Å². The molecule has 0 spiro atoms. The van der Waals surface area contributed by atoms with Crippen LogP contribution in [0.3, 0.4) is 0 Å². The van der Waals surface area contributed by atoms with Crippen molar-refractivity contribution in [1.82, 2.24) is 5.32 Å². The first-order chi connectivity index (χ1) is 14.5. The van der Waals surface area contributed by atoms with E-state index in [0.717, 1.165) is 27.9 Å². The van der Waals surface area contributed by atoms with Gasteiger partial charge in [0.25, 0.3) is 5.24 Å². The van der Waals surface area contributed by atoms with Crippen molar-refractivity contribution in [3.63, 3.8) is 0 Å². The van der Waals surface area contributed by atoms with Crippen LogP contribution in [0, 0.1) is 11.8 Å². The molecule has 152 valence electrons. The summed E-state index contributed by atoms with van der Waals surface area (Å²) in [7, 11) is 1.57. The van der Waals surface area contributed by atoms with E-state index in [1.807, 2.05) is 36.4 Å². The lowest BCUT2D eigenvalue weighted by atomic mass is 10.0. The van der Waals surface area contributed by atoms with Crippen LogP contribution >= 0.6 is 23.5 Å². The predicted octanol–water partition coefficient (Wildman–Crippen LogP) is 3.08. The van der Waals surface area contributed by atoms with E-state index in [9.17, 15) is 14.4 Å². The number of thioether (sulfide) groups is 2. The summed E-state index contributed by atoms with van der Waals surface area (Å²) in [6.07, 6.45) is 0.427. The number of amides is 3. The van der Waals surface area contributed by atoms with Gasteiger partial charge in [-0.3, -0.25) is 24.6 Å². The molecule has 0 saturated carbocycles. The van der Waals surface area contributed by atoms with Crippen molar-refractivity contribution in [2.75, 3.05) is 24.3 Å². The van der Waals surface area contributed by atoms with E-state index in [0.29, 0.717) is 23.5 Å². The van der Waals surface area contributed by atoms with Gasteiger partial charge in [-0.1, -0.05) is 41.8 Å². The van der Waals surface area contributed by atoms with Crippen molar-refractivity contribution < 1.29 is 19.1 Å². The molecule has 6 nitrogen and oxygen atoms in total. The average molecular weight is 439 g/mol. The van der Waals surface area contributed by atoms with Crippen molar-refractivity contribution in [3.8, 4) is 17.6 Å². The minimum Gasteiger partial charge on any atom is -0.495 e. The van der Waals surface area contributed by atoms with E-state index >= 15 is 0 Å². The van der Waals surface area contributed by atoms with Gasteiger partial charge in [-0.05, 0) is 36.2 Å². The first-order valence-corrected chi connectivity index (χ1v) is 11.1. The Morgan fingerprint density at radius 2 is 2.03 bits per heavy atom. The van der Waals surface area contributed by atoms with Gasteiger partial charge in [0.05, 0.1) is 35.9 Å². The highest BCUT2D eigenvalue weighted by Crippen LogP contribution is 2.34. The van der Waals surface area contributed by atoms with Crippen LogP contribution in [-0.4, -0.2) is 41.7 Å². The fourth-order valence-electron chi connectivity index (χ4n) is 3.26. The lowest BCUT2D eigenvalue weighted by Gasteiger charge is -2.27. The number of nitrogens with one attached hydrogen (secondary N) is 1. The number of carbonyl (C=O) groups is 3. The SMILES string of the molecule is COc1ccc(CC2SC(=O)NC2=O)cc1C#CCN1C(=O)CSc2ccccc21. The molecule has 30 heavy (non-hydrogen) atoms. The number of hydrogen-bond donors (Lipinski definition) is 1. The van der Waals surface area contributed by atoms with Crippen LogP contribution in [0.2, 0.25) is 0 Å². The average Bonchev–Trinajstić information content (AvgIpc) is 3.06. The monoisotopic (exact) mass is 438 g/mol. The summed E-state index contributed by atoms with van der Waals surface area (Å²) in [5, 5.41) is 1.55. The van der Waals surface area contributed by atoms with Gasteiger partial charge in [0.2, 0.25) is 11.8 Å². The highest BCUT2D eigenvalue weighted by atomic mass is 32.2. The number of nitrogens with zero attached hydrogens (tertiary/aromatic N) is 1. The van der Waals surface area contributed by atoms with E-state index in [1.54, 1.807) is 18.1 Å². The summed E-state index contributed by atoms with van der Waals surface area (Å²) in [5.74, 6) is 6.96. The van der Waals surface area contributed by atoms with Gasteiger partial charge in [0.15, 0.2) is 0 Å². The second-order valence-electron chi connectivity index (χ2n) is 6.66. The number of anilines is 1. The van der Waals surface area contributed by atoms with Crippen molar-refractivity contribution in [2.45, 2.75) is 16.6 Å². The third-order valence-electron chi connectivity index (χ3n) is 4.72. The van der Waals surface area contributed by atoms with E-state index < -0.39 is 5.25 Å². The van der Waals surface area contributed by atoms with E-state index in [1.165, 1.54) is 11.8 Å². The number of benzene rings is 2. The van der Waals surface area contributed by atoms with Crippen LogP contribution in [0.1, 0.15) is 11.1 Å². The number of ether oxygens (including phenoxy) is 1. The first kappa shape index (κ1) is 20.4. The zero-order valence-electron chi connectivity index (χ0n) is 16.1. The Morgan fingerprint density at radius 3 is 2.80 bits per heavy atom. The minimum atomic E-state index is -0.438. The summed E-state index contributed by atoms with van der Waals surface area (Å²) >= 11 is 2.54. The van der Waals surface area contributed by atoms with Gasteiger partial charge in [-0.15, -0.1) is 11.8 Å². The lowest BCUT2D eigenvalue weighted by molar-refractivity contribution is -0.119. The molecule has 1 N–H and O–H groups in total. The van der Waals surface area contributed by atoms with E-state index in [4.69, 9.17) is 4.74 Å². The molecule has 2 aliphatic heterocycles. The summed E-state index contributed by atoms with van der Waals surface area (Å²) in [5.41, 5.74) is 2.44. The number of carbonyl (C=O) groups excluding carboxylic acids is 3. The molecule has 1 saturated heterocycles. The molecule has 1 unspecified atom stereocenters. The molecule has 0 radical (unpaired) electrons. The van der Waals surface area contributed by atoms with E-state index in [2.05, 4.69) is 17.2 Å². The molecule has 1 fully saturated rings. The predicted molar refractivity (Wildman–Crippen MR) is 118 cm³/mol. The quantitative estimate of drug-likeness (QED) is 0.740. The molecule has 0 aliphatic carbocycles. The normalized spacial score (nSPS) is 17.8. The molecule has 1 atom stereocenters. The van der Waals surface area contributed by atoms with Gasteiger partial charge < -0.3 is 4.74 Å². The second kappa shape index (κ2) is 8.86. The van der Waals surface area contributed by atoms with Crippen LogP contribution < -0.4 is 15.0 Å². The van der Waals surface area contributed by atoms with Gasteiger partial charge >= 0.3 is 0 Å². The molecule has 8 heteroatoms. The summed E-state index contributed by atoms with van der Waals surface area (Å²) in [6, 6.07) is 13.3. The number of hydrogen-bond acceptors (Lipinski definition) is 6. The molecule has 3 amide bonds. The van der Waals surface area contributed by atoms with Gasteiger partial charge in [0.1, 0.15) is 5.75 Å². The lowest BCUT2D eigenvalue weighted by Crippen LogP contribution is -2.35. The van der Waals surface area contributed by atoms with Gasteiger partial charge in [-0.25, -0.2) is 0 Å². The zero-order chi connectivity index (χ0) is 21.1. The topological polar surface area (TPSA) is 75.7 Å². The zero-order valence-corrected chi connectivity index (χ0v) is 17.8. The molecule has 4 rings (SSSR count). The fourth-order valence-corrected chi connectivity index (χ4v) is 5.06. The van der Waals surface area contributed by atoms with Gasteiger partial charge in [-0.2, -0.15) is 0 Å². The molecule has 2 heterocycles. The number of fused-ring (bicyclic) bond motifs is 1. The summed E-state index contributed by atoms with van der Waals surface area (Å²) in [4.78, 5) is 38.4. The van der Waals surface area contributed by atoms with Crippen LogP contribution in [0.25, 0.3) is 0 Å². The molecule has 0 bridgehead atoms. The largest absolute Gasteiger partial charge is 0.495 e. The summed E-state index contributed by atoms with van der Waals surface area (Å²) in [6.45, 7) is 0.277. The smallest absolute Gasteiger partial charge is 0.286 e. The Morgan fingerprint density at radius 1 is 1.20 bits per heavy atom. The highest BCUT2D eigenvalue weighted by molar-refractivity contribution is 8.15. The van der Waals surface area contributed by atoms with E-state index in [-0.39, 0.29) is 23.6 Å². The summed E-state index contributed by atoms with van der Waals surface area (Å²) < 4.78 is 5.40. The molecule has 2 aromatic rings. The Balaban J connectivity index is 1.53. The maximum Gasteiger partial charge on any atom is 0.286 e. The highest BCUT2D eigenvalue weighted by Gasteiger charge is 2.31. The van der Waals surface area contributed by atoms with Gasteiger partial charge in [0, 0.05) is 4.90 Å². The van der Waals surface area contributed by atoms with Crippen molar-refractivity contribution in [3.05, 3.63) is 53.6 Å². The maximum atomic E-state index is 12.4. The molecule has 0 aromatic heterocycles. The van der Waals surface area contributed by atoms with Crippen molar-refractivity contribution >= 4 is 46.3 Å². The van der Waals surface area contributed by atoms with Crippen molar-refractivity contribution in [1.29, 1.82) is 0 Å². The van der Waals surface area contributed by atoms with Crippen molar-refractivity contribution in [2.24, 2.45) is 0 Å². The minimum absolute atomic E-state index is 0.0302. The number of rotatable bonds is 4. The Labute approximate surface area is 182 Å². The number of methoxy groups -OCH3 is 1. The third-order valence-corrected chi connectivity index (χ3v) is 6.75. The second-order valence-corrected chi connectivity index (χ2v) is 8.85.